The Kier molecular flexibility index (Phi) is 4.78. The first-order valence-corrected chi connectivity index (χ1v) is 5.66. The smallest absolute Gasteiger partial charge is 0.00290 e. The van der Waals surface area contributed by atoms with Gasteiger partial charge in [-0.05, 0) is 38.3 Å². The third kappa shape index (κ3) is 4.31. The summed E-state index contributed by atoms with van der Waals surface area (Å²) in [5, 5.41) is 0. The summed E-state index contributed by atoms with van der Waals surface area (Å²) in [7, 11) is 0. The van der Waals surface area contributed by atoms with E-state index < -0.39 is 0 Å². The molecule has 0 N–H and O–H groups in total. The van der Waals surface area contributed by atoms with E-state index in [4.69, 9.17) is 0 Å². The molecular weight excluding hydrogens is 192 g/mol. The van der Waals surface area contributed by atoms with Gasteiger partial charge in [-0.15, -0.1) is 0 Å². The topological polar surface area (TPSA) is 0 Å². The minimum Gasteiger partial charge on any atom is -0.0961 e. The van der Waals surface area contributed by atoms with Crippen molar-refractivity contribution in [2.24, 2.45) is 0 Å². The third-order valence-electron chi connectivity index (χ3n) is 2.48. The van der Waals surface area contributed by atoms with Crippen molar-refractivity contribution in [3.05, 3.63) is 71.3 Å². The van der Waals surface area contributed by atoms with Gasteiger partial charge in [0.15, 0.2) is 0 Å². The predicted molar refractivity (Wildman–Crippen MR) is 72.6 cm³/mol. The molecule has 0 saturated carbocycles. The lowest BCUT2D eigenvalue weighted by Crippen LogP contribution is -1.88. The van der Waals surface area contributed by atoms with Crippen LogP contribution in [0.15, 0.2) is 60.2 Å². The molecule has 0 aliphatic carbocycles. The maximum absolute atomic E-state index is 3.87. The molecule has 16 heavy (non-hydrogen) atoms. The Morgan fingerprint density at radius 1 is 1.19 bits per heavy atom. The zero-order chi connectivity index (χ0) is 12.0. The molecule has 1 rings (SSSR count). The van der Waals surface area contributed by atoms with Crippen molar-refractivity contribution in [1.82, 2.24) is 0 Å². The first-order chi connectivity index (χ1) is 7.61. The van der Waals surface area contributed by atoms with E-state index in [2.05, 4.69) is 62.9 Å². The van der Waals surface area contributed by atoms with Crippen molar-refractivity contribution in [3.8, 4) is 0 Å². The Balaban J connectivity index is 2.71. The number of hydrogen-bond donors (Lipinski definition) is 0. The molecule has 0 atom stereocenters. The van der Waals surface area contributed by atoms with Crippen molar-refractivity contribution in [3.63, 3.8) is 0 Å². The van der Waals surface area contributed by atoms with Crippen LogP contribution in [0.4, 0.5) is 0 Å². The molecule has 0 unspecified atom stereocenters. The summed E-state index contributed by atoms with van der Waals surface area (Å²) in [6.45, 7) is 10.1. The molecule has 0 heterocycles. The monoisotopic (exact) mass is 212 g/mol. The zero-order valence-corrected chi connectivity index (χ0v) is 10.5. The third-order valence-corrected chi connectivity index (χ3v) is 2.48. The van der Waals surface area contributed by atoms with Gasteiger partial charge >= 0.3 is 0 Å². The highest BCUT2D eigenvalue weighted by Crippen LogP contribution is 2.11. The maximum atomic E-state index is 3.87. The second kappa shape index (κ2) is 6.12. The number of allylic oxidation sites excluding steroid dienone is 5. The molecule has 0 bridgehead atoms. The Morgan fingerprint density at radius 3 is 2.31 bits per heavy atom. The number of aryl methyl sites for hydroxylation is 1. The Morgan fingerprint density at radius 2 is 1.81 bits per heavy atom. The van der Waals surface area contributed by atoms with Crippen LogP contribution < -0.4 is 0 Å². The SMILES string of the molecule is C=C(C)/C=C\C(=C/C)Cc1ccc(C)cc1. The van der Waals surface area contributed by atoms with Crippen LogP contribution in [0, 0.1) is 6.92 Å². The van der Waals surface area contributed by atoms with Gasteiger partial charge in [-0.3, -0.25) is 0 Å². The van der Waals surface area contributed by atoms with Crippen molar-refractivity contribution >= 4 is 0 Å². The van der Waals surface area contributed by atoms with Gasteiger partial charge < -0.3 is 0 Å². The Bertz CT molecular complexity index is 402. The molecule has 0 saturated heterocycles. The van der Waals surface area contributed by atoms with Gasteiger partial charge in [0.05, 0.1) is 0 Å². The fourth-order valence-electron chi connectivity index (χ4n) is 1.45. The van der Waals surface area contributed by atoms with Crippen LogP contribution in [0.25, 0.3) is 0 Å². The quantitative estimate of drug-likeness (QED) is 0.639. The van der Waals surface area contributed by atoms with E-state index in [1.165, 1.54) is 16.7 Å². The fraction of sp³-hybridized carbons (Fsp3) is 0.250. The van der Waals surface area contributed by atoms with E-state index in [0.717, 1.165) is 12.0 Å². The zero-order valence-electron chi connectivity index (χ0n) is 10.5. The largest absolute Gasteiger partial charge is 0.0961 e. The van der Waals surface area contributed by atoms with Gasteiger partial charge in [0.2, 0.25) is 0 Å². The molecule has 0 fully saturated rings. The van der Waals surface area contributed by atoms with Crippen molar-refractivity contribution < 1.29 is 0 Å². The van der Waals surface area contributed by atoms with E-state index >= 15 is 0 Å². The Hall–Kier alpha value is -1.56. The minimum atomic E-state index is 0.987. The summed E-state index contributed by atoms with van der Waals surface area (Å²) in [6.07, 6.45) is 7.34. The minimum absolute atomic E-state index is 0.987. The first-order valence-electron chi connectivity index (χ1n) is 5.66. The fourth-order valence-corrected chi connectivity index (χ4v) is 1.45. The maximum Gasteiger partial charge on any atom is -0.00290 e. The van der Waals surface area contributed by atoms with Crippen molar-refractivity contribution in [1.29, 1.82) is 0 Å². The lowest BCUT2D eigenvalue weighted by Gasteiger charge is -2.03. The molecule has 0 spiro atoms. The second-order valence-corrected chi connectivity index (χ2v) is 4.21. The highest BCUT2D eigenvalue weighted by molar-refractivity contribution is 5.32. The van der Waals surface area contributed by atoms with Gasteiger partial charge in [0.25, 0.3) is 0 Å². The van der Waals surface area contributed by atoms with Gasteiger partial charge in [0.1, 0.15) is 0 Å². The summed E-state index contributed by atoms with van der Waals surface area (Å²) >= 11 is 0. The molecule has 0 aliphatic heterocycles. The number of benzene rings is 1. The number of hydrogen-bond acceptors (Lipinski definition) is 0. The van der Waals surface area contributed by atoms with E-state index in [9.17, 15) is 0 Å². The van der Waals surface area contributed by atoms with Gasteiger partial charge in [-0.25, -0.2) is 0 Å². The molecule has 1 aromatic rings. The lowest BCUT2D eigenvalue weighted by molar-refractivity contribution is 1.18. The highest BCUT2D eigenvalue weighted by atomic mass is 14.0. The van der Waals surface area contributed by atoms with E-state index in [-0.39, 0.29) is 0 Å². The van der Waals surface area contributed by atoms with Crippen LogP contribution in [-0.4, -0.2) is 0 Å². The van der Waals surface area contributed by atoms with Crippen LogP contribution in [0.3, 0.4) is 0 Å². The molecule has 0 nitrogen and oxygen atoms in total. The molecule has 0 aliphatic rings. The van der Waals surface area contributed by atoms with Crippen LogP contribution >= 0.6 is 0 Å². The molecule has 0 heteroatoms. The summed E-state index contributed by atoms with van der Waals surface area (Å²) in [6, 6.07) is 8.69. The van der Waals surface area contributed by atoms with Gasteiger partial charge in [0, 0.05) is 0 Å². The molecule has 0 amide bonds. The first kappa shape index (κ1) is 12.5. The average molecular weight is 212 g/mol. The van der Waals surface area contributed by atoms with Gasteiger partial charge in [-0.1, -0.05) is 60.2 Å². The average Bonchev–Trinajstić information content (AvgIpc) is 2.26. The van der Waals surface area contributed by atoms with Crippen molar-refractivity contribution in [2.75, 3.05) is 0 Å². The summed E-state index contributed by atoms with van der Waals surface area (Å²) in [5.41, 5.74) is 5.07. The predicted octanol–water partition coefficient (Wildman–Crippen LogP) is 4.62. The summed E-state index contributed by atoms with van der Waals surface area (Å²) < 4.78 is 0. The van der Waals surface area contributed by atoms with E-state index in [1.807, 2.05) is 6.92 Å². The standard InChI is InChI=1S/C16H20/c1-5-15(9-6-13(2)3)12-16-10-7-14(4)8-11-16/h5-11H,2,12H2,1,3-4H3/b9-6-,15-5+. The van der Waals surface area contributed by atoms with E-state index in [1.54, 1.807) is 0 Å². The summed E-state index contributed by atoms with van der Waals surface area (Å²) in [4.78, 5) is 0. The molecule has 1 aromatic carbocycles. The highest BCUT2D eigenvalue weighted by Gasteiger charge is 1.95. The van der Waals surface area contributed by atoms with Crippen LogP contribution in [0.1, 0.15) is 25.0 Å². The van der Waals surface area contributed by atoms with Crippen LogP contribution in [0.2, 0.25) is 0 Å². The normalized spacial score (nSPS) is 12.1. The molecule has 0 radical (unpaired) electrons. The molecule has 84 valence electrons. The number of rotatable bonds is 4. The van der Waals surface area contributed by atoms with Crippen LogP contribution in [0.5, 0.6) is 0 Å². The van der Waals surface area contributed by atoms with Crippen molar-refractivity contribution in [2.45, 2.75) is 27.2 Å². The summed E-state index contributed by atoms with van der Waals surface area (Å²) in [5.74, 6) is 0. The van der Waals surface area contributed by atoms with E-state index in [0.29, 0.717) is 0 Å². The Labute approximate surface area is 99.0 Å². The molecule has 0 aromatic heterocycles. The van der Waals surface area contributed by atoms with Gasteiger partial charge in [-0.2, -0.15) is 0 Å². The molecular formula is C16H20. The second-order valence-electron chi connectivity index (χ2n) is 4.21. The van der Waals surface area contributed by atoms with Crippen LogP contribution in [-0.2, 0) is 6.42 Å². The lowest BCUT2D eigenvalue weighted by atomic mass is 10.0.